The van der Waals surface area contributed by atoms with E-state index in [4.69, 9.17) is 4.74 Å². The average Bonchev–Trinajstić information content (AvgIpc) is 3.07. The monoisotopic (exact) mass is 607 g/mol. The first-order valence-electron chi connectivity index (χ1n) is 15.3. The number of aliphatic hydroxyl groups is 2. The molecule has 0 bridgehead atoms. The van der Waals surface area contributed by atoms with E-state index in [0.29, 0.717) is 36.4 Å². The zero-order valence-electron chi connectivity index (χ0n) is 26.0. The van der Waals surface area contributed by atoms with E-state index in [1.165, 1.54) is 5.56 Å². The molecule has 0 fully saturated rings. The second-order valence-electron chi connectivity index (χ2n) is 11.9. The lowest BCUT2D eigenvalue weighted by Crippen LogP contribution is -2.49. The molecule has 4 aromatic carbocycles. The molecule has 0 aliphatic carbocycles. The molecular weight excluding hydrogens is 566 g/mol. The molecule has 8 heteroatoms. The van der Waals surface area contributed by atoms with E-state index in [0.717, 1.165) is 11.1 Å². The number of rotatable bonds is 10. The molecule has 0 saturated carbocycles. The lowest BCUT2D eigenvalue weighted by molar-refractivity contribution is -0.124. The van der Waals surface area contributed by atoms with Crippen LogP contribution in [0, 0.1) is 5.92 Å². The molecule has 1 aliphatic heterocycles. The van der Waals surface area contributed by atoms with E-state index in [1.807, 2.05) is 45.2 Å². The molecule has 1 unspecified atom stereocenters. The Hall–Kier alpha value is -4.50. The van der Waals surface area contributed by atoms with Gasteiger partial charge in [0.15, 0.2) is 11.9 Å². The molecule has 2 amide bonds. The van der Waals surface area contributed by atoms with Crippen LogP contribution in [0.4, 0.5) is 5.69 Å². The largest absolute Gasteiger partial charge is 0.486 e. The van der Waals surface area contributed by atoms with Crippen molar-refractivity contribution in [2.24, 2.45) is 5.92 Å². The van der Waals surface area contributed by atoms with E-state index < -0.39 is 18.1 Å². The summed E-state index contributed by atoms with van der Waals surface area (Å²) in [6, 6.07) is 32.1. The molecule has 0 spiro atoms. The molecule has 1 aliphatic rings. The molecule has 8 nitrogen and oxygen atoms in total. The number of nitrogens with zero attached hydrogens (tertiary/aromatic N) is 2. The fourth-order valence-corrected chi connectivity index (χ4v) is 5.66. The van der Waals surface area contributed by atoms with Gasteiger partial charge in [-0.25, -0.2) is 0 Å². The van der Waals surface area contributed by atoms with Crippen molar-refractivity contribution < 1.29 is 24.5 Å². The first-order valence-corrected chi connectivity index (χ1v) is 15.3. The quantitative estimate of drug-likeness (QED) is 0.224. The number of anilines is 1. The van der Waals surface area contributed by atoms with E-state index in [1.54, 1.807) is 47.4 Å². The number of hydrogen-bond donors (Lipinski definition) is 3. The highest BCUT2D eigenvalue weighted by Crippen LogP contribution is 2.35. The van der Waals surface area contributed by atoms with Crippen molar-refractivity contribution in [3.05, 3.63) is 120 Å². The van der Waals surface area contributed by atoms with Gasteiger partial charge in [0.25, 0.3) is 11.8 Å². The fraction of sp³-hybridized carbons (Fsp3) is 0.297. The number of para-hydroxylation sites is 1. The minimum Gasteiger partial charge on any atom is -0.486 e. The summed E-state index contributed by atoms with van der Waals surface area (Å²) in [7, 11) is 2.03. The van der Waals surface area contributed by atoms with Gasteiger partial charge in [0.1, 0.15) is 6.10 Å². The van der Waals surface area contributed by atoms with Gasteiger partial charge in [0.05, 0.1) is 23.9 Å². The Balaban J connectivity index is 1.39. The molecule has 0 aromatic heterocycles. The number of nitrogens with one attached hydrogen (secondary N) is 1. The number of aliphatic hydroxyl groups excluding tert-OH is 2. The fourth-order valence-electron chi connectivity index (χ4n) is 5.66. The second kappa shape index (κ2) is 14.5. The lowest BCUT2D eigenvalue weighted by Gasteiger charge is -2.38. The average molecular weight is 608 g/mol. The molecule has 4 atom stereocenters. The minimum absolute atomic E-state index is 0.0994. The minimum atomic E-state index is -1.40. The van der Waals surface area contributed by atoms with Crippen molar-refractivity contribution >= 4 is 17.5 Å². The Morgan fingerprint density at radius 2 is 1.60 bits per heavy atom. The Bertz CT molecular complexity index is 1580. The smallest absolute Gasteiger partial charge is 0.258 e. The van der Waals surface area contributed by atoms with Crippen LogP contribution < -0.4 is 10.1 Å². The van der Waals surface area contributed by atoms with Gasteiger partial charge >= 0.3 is 0 Å². The van der Waals surface area contributed by atoms with Crippen LogP contribution in [-0.2, 0) is 11.3 Å². The highest BCUT2D eigenvalue weighted by atomic mass is 16.5. The zero-order chi connectivity index (χ0) is 31.9. The van der Waals surface area contributed by atoms with Gasteiger partial charge in [-0.1, -0.05) is 97.9 Å². The third-order valence-electron chi connectivity index (χ3n) is 8.32. The highest BCUT2D eigenvalue weighted by molar-refractivity contribution is 6.02. The Morgan fingerprint density at radius 1 is 0.956 bits per heavy atom. The summed E-state index contributed by atoms with van der Waals surface area (Å²) in [6.45, 7) is 5.29. The SMILES string of the molecule is CC(CO)N1C[C@@H](C)[C@@H](CN(C)Cc2ccc(-c3ccccc3)cc2)Oc2c(NC(=O)[C@H](O)c3ccccc3)cccc2C1=O. The number of fused-ring (bicyclic) bond motifs is 1. The normalized spacial score (nSPS) is 17.9. The van der Waals surface area contributed by atoms with Crippen molar-refractivity contribution in [2.45, 2.75) is 38.6 Å². The molecule has 45 heavy (non-hydrogen) atoms. The molecule has 4 aromatic rings. The van der Waals surface area contributed by atoms with Crippen molar-refractivity contribution in [1.82, 2.24) is 9.80 Å². The summed E-state index contributed by atoms with van der Waals surface area (Å²) in [5.41, 5.74) is 4.53. The molecule has 5 rings (SSSR count). The maximum Gasteiger partial charge on any atom is 0.258 e. The van der Waals surface area contributed by atoms with Gasteiger partial charge in [-0.3, -0.25) is 14.5 Å². The van der Waals surface area contributed by atoms with Gasteiger partial charge in [-0.2, -0.15) is 0 Å². The summed E-state index contributed by atoms with van der Waals surface area (Å²) in [6.07, 6.45) is -1.75. The van der Waals surface area contributed by atoms with Gasteiger partial charge in [0, 0.05) is 25.6 Å². The summed E-state index contributed by atoms with van der Waals surface area (Å²) in [5, 5.41) is 23.5. The van der Waals surface area contributed by atoms with Gasteiger partial charge in [-0.05, 0) is 48.4 Å². The first-order chi connectivity index (χ1) is 21.7. The van der Waals surface area contributed by atoms with Crippen molar-refractivity contribution in [2.75, 3.05) is 32.1 Å². The maximum atomic E-state index is 13.8. The third kappa shape index (κ3) is 7.60. The summed E-state index contributed by atoms with van der Waals surface area (Å²) in [5.74, 6) is -0.765. The standard InChI is InChI=1S/C37H41N3O5/c1-25-21-40(26(2)24-41)37(44)31-15-10-16-32(38-36(43)34(42)30-13-8-5-9-14-30)35(31)45-33(25)23-39(3)22-27-17-19-29(20-18-27)28-11-6-4-7-12-28/h4-20,25-26,33-34,41-42H,21-24H2,1-3H3,(H,38,43)/t25-,26?,33-,34-/m1/s1. The van der Waals surface area contributed by atoms with Crippen LogP contribution in [0.2, 0.25) is 0 Å². The Kier molecular flexibility index (Phi) is 10.3. The van der Waals surface area contributed by atoms with E-state index in [-0.39, 0.29) is 30.3 Å². The van der Waals surface area contributed by atoms with Crippen molar-refractivity contribution in [3.8, 4) is 16.9 Å². The Labute approximate surface area is 264 Å². The van der Waals surface area contributed by atoms with Crippen LogP contribution in [0.25, 0.3) is 11.1 Å². The van der Waals surface area contributed by atoms with Gasteiger partial charge < -0.3 is 25.2 Å². The van der Waals surface area contributed by atoms with E-state index in [2.05, 4.69) is 46.6 Å². The predicted octanol–water partition coefficient (Wildman–Crippen LogP) is 5.38. The van der Waals surface area contributed by atoms with Crippen LogP contribution in [0.15, 0.2) is 103 Å². The van der Waals surface area contributed by atoms with Crippen molar-refractivity contribution in [3.63, 3.8) is 0 Å². The first kappa shape index (κ1) is 31.9. The second-order valence-corrected chi connectivity index (χ2v) is 11.9. The molecule has 0 saturated heterocycles. The Morgan fingerprint density at radius 3 is 2.27 bits per heavy atom. The van der Waals surface area contributed by atoms with Crippen molar-refractivity contribution in [1.29, 1.82) is 0 Å². The maximum absolute atomic E-state index is 13.8. The van der Waals surface area contributed by atoms with E-state index in [9.17, 15) is 19.8 Å². The summed E-state index contributed by atoms with van der Waals surface area (Å²) >= 11 is 0. The molecule has 0 radical (unpaired) electrons. The van der Waals surface area contributed by atoms with Crippen LogP contribution in [0.1, 0.15) is 41.4 Å². The van der Waals surface area contributed by atoms with E-state index >= 15 is 0 Å². The zero-order valence-corrected chi connectivity index (χ0v) is 26.0. The third-order valence-corrected chi connectivity index (χ3v) is 8.32. The molecular formula is C37H41N3O5. The number of amides is 2. The topological polar surface area (TPSA) is 102 Å². The number of benzene rings is 4. The lowest BCUT2D eigenvalue weighted by atomic mass is 9.98. The number of likely N-dealkylation sites (N-methyl/N-ethyl adjacent to an activating group) is 1. The molecule has 234 valence electrons. The molecule has 1 heterocycles. The highest BCUT2D eigenvalue weighted by Gasteiger charge is 2.35. The summed E-state index contributed by atoms with van der Waals surface area (Å²) in [4.78, 5) is 30.8. The molecule has 3 N–H and O–H groups in total. The van der Waals surface area contributed by atoms with Crippen LogP contribution in [-0.4, -0.2) is 70.7 Å². The number of carbonyl (C=O) groups is 2. The number of hydrogen-bond acceptors (Lipinski definition) is 6. The summed E-state index contributed by atoms with van der Waals surface area (Å²) < 4.78 is 6.64. The number of carbonyl (C=O) groups excluding carboxylic acids is 2. The number of ether oxygens (including phenoxy) is 1. The van der Waals surface area contributed by atoms with Crippen LogP contribution >= 0.6 is 0 Å². The van der Waals surface area contributed by atoms with Gasteiger partial charge in [0.2, 0.25) is 0 Å². The predicted molar refractivity (Wildman–Crippen MR) is 176 cm³/mol. The van der Waals surface area contributed by atoms with Crippen LogP contribution in [0.5, 0.6) is 5.75 Å². The van der Waals surface area contributed by atoms with Crippen LogP contribution in [0.3, 0.4) is 0 Å². The van der Waals surface area contributed by atoms with Gasteiger partial charge in [-0.15, -0.1) is 0 Å².